The number of halogens is 2. The molecule has 0 amide bonds. The van der Waals surface area contributed by atoms with E-state index in [4.69, 9.17) is 27.9 Å². The highest BCUT2D eigenvalue weighted by Gasteiger charge is 2.42. The minimum Gasteiger partial charge on any atom is -0.374 e. The van der Waals surface area contributed by atoms with Crippen molar-refractivity contribution >= 4 is 34.5 Å². The smallest absolute Gasteiger partial charge is 0.0960 e. The Morgan fingerprint density at radius 2 is 2.33 bits per heavy atom. The summed E-state index contributed by atoms with van der Waals surface area (Å²) in [5, 5.41) is 2.08. The lowest BCUT2D eigenvalue weighted by Crippen LogP contribution is -2.31. The molecule has 0 bridgehead atoms. The lowest BCUT2D eigenvalue weighted by atomic mass is 9.92. The SMILES string of the molecule is CC1(C)OCC(Cc2ccsc2Cl)C1Cl. The fourth-order valence-corrected chi connectivity index (χ4v) is 3.14. The molecule has 1 aliphatic rings. The fourth-order valence-electron chi connectivity index (χ4n) is 1.96. The van der Waals surface area contributed by atoms with Crippen LogP contribution in [0.3, 0.4) is 0 Å². The maximum absolute atomic E-state index is 6.37. The Morgan fingerprint density at radius 1 is 1.60 bits per heavy atom. The molecule has 0 spiro atoms. The van der Waals surface area contributed by atoms with Gasteiger partial charge >= 0.3 is 0 Å². The van der Waals surface area contributed by atoms with Crippen molar-refractivity contribution in [2.24, 2.45) is 5.92 Å². The molecule has 0 radical (unpaired) electrons. The zero-order valence-corrected chi connectivity index (χ0v) is 11.1. The highest BCUT2D eigenvalue weighted by molar-refractivity contribution is 7.14. The van der Waals surface area contributed by atoms with Crippen molar-refractivity contribution < 1.29 is 4.74 Å². The van der Waals surface area contributed by atoms with Gasteiger partial charge in [-0.25, -0.2) is 0 Å². The van der Waals surface area contributed by atoms with Crippen LogP contribution >= 0.6 is 34.5 Å². The van der Waals surface area contributed by atoms with Crippen molar-refractivity contribution in [2.75, 3.05) is 6.61 Å². The summed E-state index contributed by atoms with van der Waals surface area (Å²) in [6.07, 6.45) is 0.917. The van der Waals surface area contributed by atoms with Crippen molar-refractivity contribution in [2.45, 2.75) is 31.2 Å². The van der Waals surface area contributed by atoms with Crippen LogP contribution in [0.2, 0.25) is 4.34 Å². The third-order valence-electron chi connectivity index (χ3n) is 2.92. The van der Waals surface area contributed by atoms with E-state index in [1.165, 1.54) is 5.56 Å². The van der Waals surface area contributed by atoms with E-state index < -0.39 is 0 Å². The molecule has 0 N–H and O–H groups in total. The Kier molecular flexibility index (Phi) is 3.32. The van der Waals surface area contributed by atoms with Crippen molar-refractivity contribution in [1.29, 1.82) is 0 Å². The zero-order valence-electron chi connectivity index (χ0n) is 8.80. The van der Waals surface area contributed by atoms with E-state index in [0.717, 1.165) is 17.4 Å². The molecule has 0 saturated carbocycles. The fraction of sp³-hybridized carbons (Fsp3) is 0.636. The van der Waals surface area contributed by atoms with Crippen LogP contribution in [0.15, 0.2) is 11.4 Å². The van der Waals surface area contributed by atoms with Crippen LogP contribution < -0.4 is 0 Å². The number of rotatable bonds is 2. The van der Waals surface area contributed by atoms with E-state index in [1.807, 2.05) is 19.2 Å². The molecule has 15 heavy (non-hydrogen) atoms. The first-order valence-corrected chi connectivity index (χ1v) is 6.70. The van der Waals surface area contributed by atoms with Gasteiger partial charge in [0.2, 0.25) is 0 Å². The first-order chi connectivity index (χ1) is 7.00. The van der Waals surface area contributed by atoms with Crippen LogP contribution in [0.4, 0.5) is 0 Å². The molecule has 0 aromatic carbocycles. The second-order valence-corrected chi connectivity index (χ2v) is 6.49. The predicted octanol–water partition coefficient (Wildman–Crippen LogP) is 3.98. The average molecular weight is 265 g/mol. The maximum atomic E-state index is 6.37. The highest BCUT2D eigenvalue weighted by atomic mass is 35.5. The van der Waals surface area contributed by atoms with Gasteiger partial charge in [-0.1, -0.05) is 11.6 Å². The van der Waals surface area contributed by atoms with Gasteiger partial charge in [0, 0.05) is 5.92 Å². The summed E-state index contributed by atoms with van der Waals surface area (Å²) in [5.74, 6) is 0.369. The number of hydrogen-bond acceptors (Lipinski definition) is 2. The van der Waals surface area contributed by atoms with Crippen LogP contribution in [0.1, 0.15) is 19.4 Å². The maximum Gasteiger partial charge on any atom is 0.0960 e. The third kappa shape index (κ3) is 2.33. The Hall–Kier alpha value is 0.240. The summed E-state index contributed by atoms with van der Waals surface area (Å²) in [6, 6.07) is 2.07. The lowest BCUT2D eigenvalue weighted by Gasteiger charge is -2.22. The monoisotopic (exact) mass is 264 g/mol. The van der Waals surface area contributed by atoms with E-state index in [2.05, 4.69) is 6.07 Å². The van der Waals surface area contributed by atoms with Gasteiger partial charge in [-0.05, 0) is 37.3 Å². The van der Waals surface area contributed by atoms with E-state index >= 15 is 0 Å². The molecule has 2 rings (SSSR count). The topological polar surface area (TPSA) is 9.23 Å². The minimum absolute atomic E-state index is 0.0634. The van der Waals surface area contributed by atoms with E-state index in [0.29, 0.717) is 5.92 Å². The van der Waals surface area contributed by atoms with Gasteiger partial charge in [-0.2, -0.15) is 0 Å². The van der Waals surface area contributed by atoms with Gasteiger partial charge in [0.1, 0.15) is 0 Å². The third-order valence-corrected chi connectivity index (χ3v) is 5.06. The summed E-state index contributed by atoms with van der Waals surface area (Å²) in [4.78, 5) is 0. The molecular formula is C11H14Cl2OS. The first kappa shape index (κ1) is 11.7. The highest BCUT2D eigenvalue weighted by Crippen LogP contribution is 2.37. The van der Waals surface area contributed by atoms with E-state index in [9.17, 15) is 0 Å². The van der Waals surface area contributed by atoms with Gasteiger partial charge in [0.05, 0.1) is 21.9 Å². The number of alkyl halides is 1. The molecule has 2 heterocycles. The molecule has 2 atom stereocenters. The Bertz CT molecular complexity index is 348. The Morgan fingerprint density at radius 3 is 2.80 bits per heavy atom. The molecular weight excluding hydrogens is 251 g/mol. The first-order valence-electron chi connectivity index (χ1n) is 5.00. The van der Waals surface area contributed by atoms with Crippen LogP contribution in [0, 0.1) is 5.92 Å². The molecule has 1 fully saturated rings. The number of thiophene rings is 1. The van der Waals surface area contributed by atoms with Crippen LogP contribution in [-0.2, 0) is 11.2 Å². The summed E-state index contributed by atoms with van der Waals surface area (Å²) in [7, 11) is 0. The number of ether oxygens (including phenoxy) is 1. The van der Waals surface area contributed by atoms with Gasteiger partial charge < -0.3 is 4.74 Å². The summed E-state index contributed by atoms with van der Waals surface area (Å²) >= 11 is 14.0. The molecule has 1 nitrogen and oxygen atoms in total. The molecule has 0 aliphatic carbocycles. The standard InChI is InChI=1S/C11H14Cl2OS/c1-11(2)9(12)8(6-14-11)5-7-3-4-15-10(7)13/h3-4,8-9H,5-6H2,1-2H3. The van der Waals surface area contributed by atoms with Gasteiger partial charge in [0.15, 0.2) is 0 Å². The molecule has 84 valence electrons. The minimum atomic E-state index is -0.214. The molecule has 1 saturated heterocycles. The van der Waals surface area contributed by atoms with Crippen LogP contribution in [0.25, 0.3) is 0 Å². The molecule has 2 unspecified atom stereocenters. The predicted molar refractivity (Wildman–Crippen MR) is 66.2 cm³/mol. The average Bonchev–Trinajstić information content (AvgIpc) is 2.66. The summed E-state index contributed by atoms with van der Waals surface area (Å²) < 4.78 is 6.56. The van der Waals surface area contributed by atoms with Crippen molar-refractivity contribution in [3.63, 3.8) is 0 Å². The second-order valence-electron chi connectivity index (χ2n) is 4.50. The second kappa shape index (κ2) is 4.25. The van der Waals surface area contributed by atoms with Crippen LogP contribution in [0.5, 0.6) is 0 Å². The molecule has 4 heteroatoms. The van der Waals surface area contributed by atoms with Crippen molar-refractivity contribution in [3.05, 3.63) is 21.3 Å². The van der Waals surface area contributed by atoms with Crippen molar-refractivity contribution in [3.8, 4) is 0 Å². The summed E-state index contributed by atoms with van der Waals surface area (Å²) in [5.41, 5.74) is 0.980. The zero-order chi connectivity index (χ0) is 11.1. The lowest BCUT2D eigenvalue weighted by molar-refractivity contribution is 0.0365. The van der Waals surface area contributed by atoms with E-state index in [-0.39, 0.29) is 11.0 Å². The largest absolute Gasteiger partial charge is 0.374 e. The summed E-state index contributed by atoms with van der Waals surface area (Å²) in [6.45, 7) is 4.81. The van der Waals surface area contributed by atoms with Gasteiger partial charge in [-0.3, -0.25) is 0 Å². The Labute approximate surface area is 104 Å². The quantitative estimate of drug-likeness (QED) is 0.735. The Balaban J connectivity index is 2.06. The van der Waals surface area contributed by atoms with E-state index in [1.54, 1.807) is 11.3 Å². The van der Waals surface area contributed by atoms with Crippen LogP contribution in [-0.4, -0.2) is 17.6 Å². The van der Waals surface area contributed by atoms with Gasteiger partial charge in [-0.15, -0.1) is 22.9 Å². The normalized spacial score (nSPS) is 29.6. The van der Waals surface area contributed by atoms with Gasteiger partial charge in [0.25, 0.3) is 0 Å². The number of hydrogen-bond donors (Lipinski definition) is 0. The molecule has 1 aromatic rings. The molecule has 1 aliphatic heterocycles. The van der Waals surface area contributed by atoms with Crippen molar-refractivity contribution in [1.82, 2.24) is 0 Å². The molecule has 1 aromatic heterocycles.